The third-order valence-electron chi connectivity index (χ3n) is 2.29. The van der Waals surface area contributed by atoms with Gasteiger partial charge in [0, 0.05) is 21.6 Å². The maximum absolute atomic E-state index is 8.23. The summed E-state index contributed by atoms with van der Waals surface area (Å²) in [5.74, 6) is 1.12. The van der Waals surface area contributed by atoms with Crippen LogP contribution in [0.3, 0.4) is 0 Å². The third-order valence-corrected chi connectivity index (χ3v) is 2.52. The SMILES string of the molecule is COc1ccc(Cl)cc1-c1cc(CN=[N+]=[N-])on1. The fraction of sp³-hybridized carbons (Fsp3) is 0.182. The predicted molar refractivity (Wildman–Crippen MR) is 66.4 cm³/mol. The van der Waals surface area contributed by atoms with Gasteiger partial charge in [-0.05, 0) is 23.7 Å². The second kappa shape index (κ2) is 5.44. The first-order chi connectivity index (χ1) is 8.74. The van der Waals surface area contributed by atoms with E-state index >= 15 is 0 Å². The number of hydrogen-bond acceptors (Lipinski definition) is 4. The lowest BCUT2D eigenvalue weighted by molar-refractivity contribution is 0.385. The standard InChI is InChI=1S/C11H9ClN4O2/c1-17-11-3-2-7(12)4-9(11)10-5-8(18-15-10)6-14-16-13/h2-5H,6H2,1H3. The highest BCUT2D eigenvalue weighted by molar-refractivity contribution is 6.30. The molecule has 0 bridgehead atoms. The molecule has 0 radical (unpaired) electrons. The average molecular weight is 265 g/mol. The minimum Gasteiger partial charge on any atom is -0.496 e. The number of hydrogen-bond donors (Lipinski definition) is 0. The van der Waals surface area contributed by atoms with Gasteiger partial charge in [0.1, 0.15) is 17.2 Å². The van der Waals surface area contributed by atoms with Crippen LogP contribution in [-0.2, 0) is 6.54 Å². The van der Waals surface area contributed by atoms with E-state index in [2.05, 4.69) is 15.2 Å². The van der Waals surface area contributed by atoms with Gasteiger partial charge in [-0.15, -0.1) is 0 Å². The molecular weight excluding hydrogens is 256 g/mol. The maximum Gasteiger partial charge on any atom is 0.143 e. The Morgan fingerprint density at radius 3 is 3.06 bits per heavy atom. The zero-order valence-electron chi connectivity index (χ0n) is 9.50. The quantitative estimate of drug-likeness (QED) is 0.478. The monoisotopic (exact) mass is 264 g/mol. The fourth-order valence-electron chi connectivity index (χ4n) is 1.50. The van der Waals surface area contributed by atoms with Crippen molar-refractivity contribution in [2.24, 2.45) is 5.11 Å². The number of azide groups is 1. The van der Waals surface area contributed by atoms with Crippen LogP contribution < -0.4 is 4.74 Å². The summed E-state index contributed by atoms with van der Waals surface area (Å²) in [6, 6.07) is 6.89. The minimum absolute atomic E-state index is 0.117. The van der Waals surface area contributed by atoms with Crippen LogP contribution in [0.1, 0.15) is 5.76 Å². The van der Waals surface area contributed by atoms with Crippen LogP contribution in [0.4, 0.5) is 0 Å². The molecule has 7 heteroatoms. The maximum atomic E-state index is 8.23. The van der Waals surface area contributed by atoms with Crippen molar-refractivity contribution in [2.75, 3.05) is 7.11 Å². The molecule has 0 saturated carbocycles. The third kappa shape index (κ3) is 2.56. The summed E-state index contributed by atoms with van der Waals surface area (Å²) in [5.41, 5.74) is 9.53. The highest BCUT2D eigenvalue weighted by Gasteiger charge is 2.11. The Hall–Kier alpha value is -2.17. The molecule has 0 aliphatic heterocycles. The van der Waals surface area contributed by atoms with Crippen molar-refractivity contribution in [3.05, 3.63) is 45.5 Å². The molecule has 0 aliphatic carbocycles. The van der Waals surface area contributed by atoms with E-state index in [1.54, 1.807) is 31.4 Å². The van der Waals surface area contributed by atoms with E-state index in [0.29, 0.717) is 22.2 Å². The zero-order valence-corrected chi connectivity index (χ0v) is 10.3. The number of nitrogens with zero attached hydrogens (tertiary/aromatic N) is 4. The van der Waals surface area contributed by atoms with Gasteiger partial charge in [0.05, 0.1) is 13.7 Å². The Bertz CT molecular complexity index is 605. The van der Waals surface area contributed by atoms with Crippen LogP contribution in [0, 0.1) is 0 Å². The summed E-state index contributed by atoms with van der Waals surface area (Å²) in [6.07, 6.45) is 0. The lowest BCUT2D eigenvalue weighted by Gasteiger charge is -2.05. The smallest absolute Gasteiger partial charge is 0.143 e. The molecule has 2 rings (SSSR count). The molecule has 18 heavy (non-hydrogen) atoms. The first kappa shape index (κ1) is 12.3. The Kier molecular flexibility index (Phi) is 3.72. The minimum atomic E-state index is 0.117. The van der Waals surface area contributed by atoms with Crippen molar-refractivity contribution in [1.82, 2.24) is 5.16 Å². The number of halogens is 1. The number of methoxy groups -OCH3 is 1. The summed E-state index contributed by atoms with van der Waals surface area (Å²) in [4.78, 5) is 2.65. The van der Waals surface area contributed by atoms with E-state index in [0.717, 1.165) is 5.56 Å². The van der Waals surface area contributed by atoms with Gasteiger partial charge < -0.3 is 9.26 Å². The second-order valence-corrected chi connectivity index (χ2v) is 3.85. The first-order valence-electron chi connectivity index (χ1n) is 5.05. The number of benzene rings is 1. The van der Waals surface area contributed by atoms with Gasteiger partial charge in [-0.1, -0.05) is 21.9 Å². The summed E-state index contributed by atoms with van der Waals surface area (Å²) >= 11 is 5.93. The normalized spacial score (nSPS) is 9.89. The van der Waals surface area contributed by atoms with Crippen LogP contribution in [0.2, 0.25) is 5.02 Å². The molecule has 1 heterocycles. The topological polar surface area (TPSA) is 84.0 Å². The molecule has 0 N–H and O–H groups in total. The van der Waals surface area contributed by atoms with Gasteiger partial charge in [-0.25, -0.2) is 0 Å². The average Bonchev–Trinajstić information content (AvgIpc) is 2.85. The van der Waals surface area contributed by atoms with Gasteiger partial charge in [-0.2, -0.15) is 0 Å². The summed E-state index contributed by atoms with van der Waals surface area (Å²) in [5, 5.41) is 7.87. The summed E-state index contributed by atoms with van der Waals surface area (Å²) < 4.78 is 10.3. The molecule has 0 aliphatic rings. The van der Waals surface area contributed by atoms with E-state index < -0.39 is 0 Å². The van der Waals surface area contributed by atoms with Crippen LogP contribution >= 0.6 is 11.6 Å². The molecule has 0 fully saturated rings. The largest absolute Gasteiger partial charge is 0.496 e. The molecule has 0 spiro atoms. The van der Waals surface area contributed by atoms with E-state index in [9.17, 15) is 0 Å². The van der Waals surface area contributed by atoms with Crippen LogP contribution in [0.15, 0.2) is 33.9 Å². The van der Waals surface area contributed by atoms with Gasteiger partial charge in [0.25, 0.3) is 0 Å². The van der Waals surface area contributed by atoms with Gasteiger partial charge in [0.15, 0.2) is 0 Å². The van der Waals surface area contributed by atoms with Crippen LogP contribution in [0.5, 0.6) is 5.75 Å². The van der Waals surface area contributed by atoms with Crippen molar-refractivity contribution in [2.45, 2.75) is 6.54 Å². The summed E-state index contributed by atoms with van der Waals surface area (Å²) in [6.45, 7) is 0.117. The molecule has 92 valence electrons. The lowest BCUT2D eigenvalue weighted by atomic mass is 10.1. The number of aromatic nitrogens is 1. The molecular formula is C11H9ClN4O2. The Morgan fingerprint density at radius 2 is 2.33 bits per heavy atom. The number of ether oxygens (including phenoxy) is 1. The Morgan fingerprint density at radius 1 is 1.50 bits per heavy atom. The van der Waals surface area contributed by atoms with Crippen molar-refractivity contribution < 1.29 is 9.26 Å². The molecule has 0 amide bonds. The van der Waals surface area contributed by atoms with E-state index in [4.69, 9.17) is 26.4 Å². The van der Waals surface area contributed by atoms with E-state index in [1.807, 2.05) is 0 Å². The summed E-state index contributed by atoms with van der Waals surface area (Å²) in [7, 11) is 1.56. The highest BCUT2D eigenvalue weighted by Crippen LogP contribution is 2.32. The molecule has 0 atom stereocenters. The molecule has 6 nitrogen and oxygen atoms in total. The second-order valence-electron chi connectivity index (χ2n) is 3.41. The lowest BCUT2D eigenvalue weighted by Crippen LogP contribution is -1.87. The van der Waals surface area contributed by atoms with Crippen molar-refractivity contribution in [3.63, 3.8) is 0 Å². The van der Waals surface area contributed by atoms with Crippen molar-refractivity contribution >= 4 is 11.6 Å². The van der Waals surface area contributed by atoms with Gasteiger partial charge in [0.2, 0.25) is 0 Å². The fourth-order valence-corrected chi connectivity index (χ4v) is 1.67. The molecule has 0 unspecified atom stereocenters. The molecule has 0 saturated heterocycles. The van der Waals surface area contributed by atoms with Crippen LogP contribution in [-0.4, -0.2) is 12.3 Å². The van der Waals surface area contributed by atoms with E-state index in [-0.39, 0.29) is 6.54 Å². The first-order valence-corrected chi connectivity index (χ1v) is 5.42. The Balaban J connectivity index is 2.38. The number of rotatable bonds is 4. The van der Waals surface area contributed by atoms with Gasteiger partial charge in [-0.3, -0.25) is 0 Å². The van der Waals surface area contributed by atoms with Crippen LogP contribution in [0.25, 0.3) is 21.7 Å². The Labute approximate surface area is 108 Å². The van der Waals surface area contributed by atoms with Crippen molar-refractivity contribution in [1.29, 1.82) is 0 Å². The molecule has 1 aromatic carbocycles. The highest BCUT2D eigenvalue weighted by atomic mass is 35.5. The predicted octanol–water partition coefficient (Wildman–Crippen LogP) is 3.81. The molecule has 2 aromatic rings. The van der Waals surface area contributed by atoms with Gasteiger partial charge >= 0.3 is 0 Å². The van der Waals surface area contributed by atoms with Crippen molar-refractivity contribution in [3.8, 4) is 17.0 Å². The molecule has 1 aromatic heterocycles. The van der Waals surface area contributed by atoms with E-state index in [1.165, 1.54) is 0 Å². The zero-order chi connectivity index (χ0) is 13.0.